The second-order valence-corrected chi connectivity index (χ2v) is 2.61. The molecule has 5 heteroatoms. The Hall–Kier alpha value is -1.75. The van der Waals surface area contributed by atoms with Crippen LogP contribution in [0.4, 0.5) is 0 Å². The quantitative estimate of drug-likeness (QED) is 0.519. The van der Waals surface area contributed by atoms with Crippen LogP contribution in [-0.2, 0) is 11.2 Å². The normalized spacial score (nSPS) is 15.4. The first-order valence-electron chi connectivity index (χ1n) is 5.18. The molecule has 0 spiro atoms. The van der Waals surface area contributed by atoms with Gasteiger partial charge in [-0.3, -0.25) is 0 Å². The maximum absolute atomic E-state index is 10.4. The molecular weight excluding hydrogens is 188 g/mol. The van der Waals surface area contributed by atoms with Gasteiger partial charge in [-0.25, -0.2) is 4.79 Å². The summed E-state index contributed by atoms with van der Waals surface area (Å²) in [4.78, 5) is 10.4. The molecule has 5 nitrogen and oxygen atoms in total. The molecule has 0 fully saturated rings. The minimum atomic E-state index is -1.84. The van der Waals surface area contributed by atoms with E-state index in [1.807, 2.05) is 0 Å². The summed E-state index contributed by atoms with van der Waals surface area (Å²) in [7, 11) is 0. The summed E-state index contributed by atoms with van der Waals surface area (Å²) < 4.78 is 22.1. The molecule has 14 heavy (non-hydrogen) atoms. The van der Waals surface area contributed by atoms with Gasteiger partial charge in [-0.15, -0.1) is 0 Å². The third kappa shape index (κ3) is 2.37. The van der Waals surface area contributed by atoms with E-state index in [0.717, 1.165) is 0 Å². The van der Waals surface area contributed by atoms with Gasteiger partial charge in [0.1, 0.15) is 0 Å². The lowest BCUT2D eigenvalue weighted by Gasteiger charge is -2.06. The van der Waals surface area contributed by atoms with Crippen molar-refractivity contribution in [3.05, 3.63) is 23.7 Å². The van der Waals surface area contributed by atoms with Crippen molar-refractivity contribution in [2.24, 2.45) is 0 Å². The minimum absolute atomic E-state index is 0.305. The average molecular weight is 201 g/mol. The highest BCUT2D eigenvalue weighted by Gasteiger charge is 2.14. The number of hydrogen-bond donors (Lipinski definition) is 4. The number of aliphatic hydroxyl groups is 1. The highest BCUT2D eigenvalue weighted by atomic mass is 16.4. The molecule has 1 rings (SSSR count). The Morgan fingerprint density at radius 1 is 1.43 bits per heavy atom. The van der Waals surface area contributed by atoms with E-state index >= 15 is 0 Å². The Kier molecular flexibility index (Phi) is 1.89. The fourth-order valence-corrected chi connectivity index (χ4v) is 0.810. The second-order valence-electron chi connectivity index (χ2n) is 2.61. The van der Waals surface area contributed by atoms with Gasteiger partial charge in [0, 0.05) is 6.42 Å². The number of carboxylic acid groups (broad SMARTS) is 1. The molecule has 0 aliphatic rings. The van der Waals surface area contributed by atoms with E-state index in [4.69, 9.17) is 14.3 Å². The molecule has 0 radical (unpaired) electrons. The molecule has 4 N–H and O–H groups in total. The number of hydrogen-bond acceptors (Lipinski definition) is 4. The molecule has 1 atom stereocenters. The van der Waals surface area contributed by atoms with Crippen LogP contribution in [0.5, 0.6) is 11.5 Å². The molecule has 1 aromatic rings. The zero-order valence-electron chi connectivity index (χ0n) is 9.98. The summed E-state index contributed by atoms with van der Waals surface area (Å²) in [6.07, 6.45) is -2.43. The molecule has 0 aliphatic heterocycles. The predicted octanol–water partition coefficient (Wildman–Crippen LogP) is 0.0858. The van der Waals surface area contributed by atoms with E-state index in [1.165, 1.54) is 0 Å². The number of rotatable bonds is 3. The zero-order chi connectivity index (χ0) is 13.3. The first-order chi connectivity index (χ1) is 7.77. The Labute approximate surface area is 84.1 Å². The minimum Gasteiger partial charge on any atom is -0.504 e. The number of aromatic hydroxyl groups is 2. The lowest BCUT2D eigenvalue weighted by atomic mass is 10.1. The number of aliphatic hydroxyl groups excluding tert-OH is 1. The monoisotopic (exact) mass is 201 g/mol. The molecular formula is C9H10O5. The van der Waals surface area contributed by atoms with Crippen LogP contribution >= 0.6 is 0 Å². The standard InChI is InChI=1S/C9H10O5/c10-6-2-1-5(3-7(6)11)4-8(12)9(13)14/h1-3,8,10-12H,4H2,(H,13,14)/i1D,2D,3D. The lowest BCUT2D eigenvalue weighted by Crippen LogP contribution is -2.21. The van der Waals surface area contributed by atoms with Crippen LogP contribution in [0.1, 0.15) is 9.68 Å². The Morgan fingerprint density at radius 3 is 2.64 bits per heavy atom. The summed E-state index contributed by atoms with van der Waals surface area (Å²) in [5.74, 6) is -3.35. The van der Waals surface area contributed by atoms with E-state index in [1.54, 1.807) is 0 Å². The van der Waals surface area contributed by atoms with Gasteiger partial charge in [-0.1, -0.05) is 6.04 Å². The van der Waals surface area contributed by atoms with Gasteiger partial charge in [0.2, 0.25) is 0 Å². The first kappa shape index (κ1) is 6.67. The number of carbonyl (C=O) groups is 1. The van der Waals surface area contributed by atoms with Crippen molar-refractivity contribution >= 4 is 5.97 Å². The van der Waals surface area contributed by atoms with E-state index in [0.29, 0.717) is 0 Å². The van der Waals surface area contributed by atoms with Crippen molar-refractivity contribution in [2.45, 2.75) is 12.5 Å². The van der Waals surface area contributed by atoms with Crippen LogP contribution < -0.4 is 0 Å². The van der Waals surface area contributed by atoms with Crippen molar-refractivity contribution in [1.29, 1.82) is 0 Å². The number of aliphatic carboxylic acids is 1. The number of phenolic OH excluding ortho intramolecular Hbond substituents is 2. The van der Waals surface area contributed by atoms with E-state index < -0.39 is 48.1 Å². The SMILES string of the molecule is [2H]c1c([2H])c(CC(O)C(=O)O)c([2H])c(O)c1O. The topological polar surface area (TPSA) is 98.0 Å². The Balaban J connectivity index is 3.30. The van der Waals surface area contributed by atoms with E-state index in [2.05, 4.69) is 0 Å². The number of phenols is 2. The van der Waals surface area contributed by atoms with Gasteiger partial charge in [0.15, 0.2) is 17.6 Å². The van der Waals surface area contributed by atoms with Crippen molar-refractivity contribution in [3.8, 4) is 11.5 Å². The summed E-state index contributed by atoms with van der Waals surface area (Å²) in [5.41, 5.74) is -0.305. The van der Waals surface area contributed by atoms with Crippen LogP contribution in [0.2, 0.25) is 0 Å². The second kappa shape index (κ2) is 3.97. The average Bonchev–Trinajstić information content (AvgIpc) is 2.29. The molecule has 76 valence electrons. The van der Waals surface area contributed by atoms with Crippen molar-refractivity contribution in [3.63, 3.8) is 0 Å². The molecule has 1 unspecified atom stereocenters. The lowest BCUT2D eigenvalue weighted by molar-refractivity contribution is -0.146. The van der Waals surface area contributed by atoms with Crippen LogP contribution in [0, 0.1) is 0 Å². The van der Waals surface area contributed by atoms with Gasteiger partial charge in [0.25, 0.3) is 0 Å². The zero-order valence-corrected chi connectivity index (χ0v) is 6.98. The maximum atomic E-state index is 10.4. The third-order valence-corrected chi connectivity index (χ3v) is 1.51. The van der Waals surface area contributed by atoms with Gasteiger partial charge in [-0.05, 0) is 17.6 Å². The highest BCUT2D eigenvalue weighted by molar-refractivity contribution is 5.72. The molecule has 0 heterocycles. The molecule has 0 bridgehead atoms. The van der Waals surface area contributed by atoms with Crippen molar-refractivity contribution in [2.75, 3.05) is 0 Å². The van der Waals surface area contributed by atoms with E-state index in [-0.39, 0.29) is 5.56 Å². The largest absolute Gasteiger partial charge is 0.504 e. The number of carboxylic acids is 1. The summed E-state index contributed by atoms with van der Waals surface area (Å²) in [6.45, 7) is 0. The van der Waals surface area contributed by atoms with Crippen LogP contribution in [0.3, 0.4) is 0 Å². The number of benzene rings is 1. The molecule has 0 aliphatic carbocycles. The highest BCUT2D eigenvalue weighted by Crippen LogP contribution is 2.25. The van der Waals surface area contributed by atoms with Crippen LogP contribution in [0.15, 0.2) is 18.1 Å². The molecule has 0 aromatic heterocycles. The molecule has 0 saturated carbocycles. The van der Waals surface area contributed by atoms with Crippen LogP contribution in [-0.4, -0.2) is 32.5 Å². The van der Waals surface area contributed by atoms with Gasteiger partial charge in [0.05, 0.1) is 4.11 Å². The first-order valence-corrected chi connectivity index (χ1v) is 3.68. The molecule has 0 amide bonds. The summed E-state index contributed by atoms with van der Waals surface area (Å²) in [6, 6.07) is -1.97. The third-order valence-electron chi connectivity index (χ3n) is 1.51. The Morgan fingerprint density at radius 2 is 2.07 bits per heavy atom. The summed E-state index contributed by atoms with van der Waals surface area (Å²) in [5, 5.41) is 36.0. The van der Waals surface area contributed by atoms with Crippen molar-refractivity contribution < 1.29 is 29.3 Å². The molecule has 0 saturated heterocycles. The fraction of sp³-hybridized carbons (Fsp3) is 0.222. The summed E-state index contributed by atoms with van der Waals surface area (Å²) >= 11 is 0. The van der Waals surface area contributed by atoms with E-state index in [9.17, 15) is 15.0 Å². The van der Waals surface area contributed by atoms with Gasteiger partial charge < -0.3 is 20.4 Å². The maximum Gasteiger partial charge on any atom is 0.332 e. The Bertz CT molecular complexity index is 445. The smallest absolute Gasteiger partial charge is 0.332 e. The van der Waals surface area contributed by atoms with Crippen molar-refractivity contribution in [1.82, 2.24) is 0 Å². The molecule has 1 aromatic carbocycles. The van der Waals surface area contributed by atoms with Gasteiger partial charge >= 0.3 is 5.97 Å². The van der Waals surface area contributed by atoms with Gasteiger partial charge in [-0.2, -0.15) is 0 Å². The predicted molar refractivity (Wildman–Crippen MR) is 47.1 cm³/mol. The van der Waals surface area contributed by atoms with Crippen LogP contribution in [0.25, 0.3) is 0 Å². The fourth-order valence-electron chi connectivity index (χ4n) is 0.810.